The molecule has 1 saturated heterocycles. The summed E-state index contributed by atoms with van der Waals surface area (Å²) in [6.07, 6.45) is -0.126. The van der Waals surface area contributed by atoms with Gasteiger partial charge in [-0.3, -0.25) is 4.58 Å². The molecular formula is C15H32O5Si. The summed E-state index contributed by atoms with van der Waals surface area (Å²) >= 11 is 0. The van der Waals surface area contributed by atoms with Gasteiger partial charge in [-0.2, -0.15) is 0 Å². The molecule has 1 heterocycles. The fraction of sp³-hybridized carbons (Fsp3) is 1.00. The Morgan fingerprint density at radius 2 is 1.52 bits per heavy atom. The Balaban J connectivity index is 2.61. The summed E-state index contributed by atoms with van der Waals surface area (Å²) in [5.41, 5.74) is -1.12. The van der Waals surface area contributed by atoms with Crippen LogP contribution in [-0.4, -0.2) is 32.2 Å². The molecule has 1 aliphatic heterocycles. The molecule has 0 aromatic rings. The van der Waals surface area contributed by atoms with E-state index in [-0.39, 0.29) is 23.2 Å². The van der Waals surface area contributed by atoms with Crippen molar-refractivity contribution in [2.75, 3.05) is 0 Å². The quantitative estimate of drug-likeness (QED) is 0.450. The van der Waals surface area contributed by atoms with Crippen molar-refractivity contribution in [1.29, 1.82) is 0 Å². The van der Waals surface area contributed by atoms with Crippen LogP contribution in [0.1, 0.15) is 62.3 Å². The summed E-state index contributed by atoms with van der Waals surface area (Å²) in [5.74, 6) is 0.288. The van der Waals surface area contributed by atoms with E-state index in [0.29, 0.717) is 0 Å². The molecule has 0 aliphatic carbocycles. The van der Waals surface area contributed by atoms with Crippen LogP contribution in [0.2, 0.25) is 6.04 Å². The standard InChI is InChI=1S/C15H32O5Si/c1-11-10-21(20-18-14(5,6)7)19-15(8,9)12(11)16-17-13(2,3)4/h11-12,21H,10H2,1-9H3. The second-order valence-corrected chi connectivity index (χ2v) is 10.1. The van der Waals surface area contributed by atoms with Crippen molar-refractivity contribution in [3.63, 3.8) is 0 Å². The second-order valence-electron chi connectivity index (χ2n) is 8.37. The Hall–Kier alpha value is 0.0169. The van der Waals surface area contributed by atoms with Crippen molar-refractivity contribution in [3.05, 3.63) is 0 Å². The zero-order valence-corrected chi connectivity index (χ0v) is 16.1. The molecule has 3 atom stereocenters. The molecule has 126 valence electrons. The number of rotatable bonds is 4. The van der Waals surface area contributed by atoms with Crippen LogP contribution in [0.15, 0.2) is 0 Å². The van der Waals surface area contributed by atoms with E-state index < -0.39 is 14.9 Å². The smallest absolute Gasteiger partial charge is 0.361 e. The van der Waals surface area contributed by atoms with Gasteiger partial charge in [-0.05, 0) is 67.4 Å². The van der Waals surface area contributed by atoms with Crippen molar-refractivity contribution >= 4 is 9.28 Å². The van der Waals surface area contributed by atoms with Gasteiger partial charge in [0.15, 0.2) is 0 Å². The van der Waals surface area contributed by atoms with Crippen LogP contribution in [-0.2, 0) is 23.7 Å². The van der Waals surface area contributed by atoms with Gasteiger partial charge in [0, 0.05) is 0 Å². The van der Waals surface area contributed by atoms with Crippen LogP contribution in [0.25, 0.3) is 0 Å². The molecule has 0 spiro atoms. The molecule has 0 N–H and O–H groups in total. The second kappa shape index (κ2) is 6.64. The van der Waals surface area contributed by atoms with Crippen LogP contribution in [0, 0.1) is 5.92 Å². The highest BCUT2D eigenvalue weighted by atomic mass is 28.3. The summed E-state index contributed by atoms with van der Waals surface area (Å²) in [6, 6.07) is 0.831. The Labute approximate surface area is 130 Å². The van der Waals surface area contributed by atoms with Gasteiger partial charge in [-0.25, -0.2) is 14.7 Å². The highest BCUT2D eigenvalue weighted by molar-refractivity contribution is 6.44. The molecule has 1 rings (SSSR count). The lowest BCUT2D eigenvalue weighted by Crippen LogP contribution is -2.55. The Bertz CT molecular complexity index is 332. The van der Waals surface area contributed by atoms with E-state index in [0.717, 1.165) is 6.04 Å². The van der Waals surface area contributed by atoms with Crippen LogP contribution in [0.5, 0.6) is 0 Å². The molecule has 0 radical (unpaired) electrons. The zero-order valence-electron chi connectivity index (χ0n) is 15.0. The van der Waals surface area contributed by atoms with Crippen molar-refractivity contribution < 1.29 is 23.7 Å². The maximum Gasteiger partial charge on any atom is 0.361 e. The van der Waals surface area contributed by atoms with Crippen molar-refractivity contribution in [2.45, 2.75) is 91.3 Å². The lowest BCUT2D eigenvalue weighted by Gasteiger charge is -2.44. The maximum atomic E-state index is 6.10. The van der Waals surface area contributed by atoms with Crippen LogP contribution in [0.4, 0.5) is 0 Å². The molecule has 5 nitrogen and oxygen atoms in total. The van der Waals surface area contributed by atoms with Gasteiger partial charge in [-0.15, -0.1) is 0 Å². The summed E-state index contributed by atoms with van der Waals surface area (Å²) in [6.45, 7) is 17.9. The van der Waals surface area contributed by atoms with E-state index in [2.05, 4.69) is 6.92 Å². The minimum Gasteiger partial charge on any atom is -0.387 e. The SMILES string of the molecule is CC1C[SiH](OOC(C)(C)C)OC(C)(C)C1OOC(C)(C)C. The van der Waals surface area contributed by atoms with Crippen molar-refractivity contribution in [1.82, 2.24) is 0 Å². The molecule has 0 saturated carbocycles. The molecule has 0 aromatic heterocycles. The normalized spacial score (nSPS) is 30.4. The first-order valence-corrected chi connectivity index (χ1v) is 9.43. The zero-order chi connectivity index (χ0) is 16.5. The van der Waals surface area contributed by atoms with Gasteiger partial charge in [-0.1, -0.05) is 6.92 Å². The largest absolute Gasteiger partial charge is 0.387 e. The van der Waals surface area contributed by atoms with Gasteiger partial charge in [0.2, 0.25) is 0 Å². The lowest BCUT2D eigenvalue weighted by molar-refractivity contribution is -0.401. The van der Waals surface area contributed by atoms with E-state index in [1.807, 2.05) is 55.4 Å². The maximum absolute atomic E-state index is 6.10. The van der Waals surface area contributed by atoms with Crippen LogP contribution < -0.4 is 0 Å². The molecular weight excluding hydrogens is 288 g/mol. The molecule has 1 fully saturated rings. The third-order valence-corrected chi connectivity index (χ3v) is 5.32. The highest BCUT2D eigenvalue weighted by Crippen LogP contribution is 2.35. The lowest BCUT2D eigenvalue weighted by atomic mass is 9.92. The summed E-state index contributed by atoms with van der Waals surface area (Å²) in [7, 11) is -1.87. The van der Waals surface area contributed by atoms with E-state index in [4.69, 9.17) is 23.7 Å². The van der Waals surface area contributed by atoms with Gasteiger partial charge in [0.05, 0.1) is 16.8 Å². The third-order valence-electron chi connectivity index (χ3n) is 3.01. The average Bonchev–Trinajstić information content (AvgIpc) is 2.21. The summed E-state index contributed by atoms with van der Waals surface area (Å²) < 4.78 is 11.7. The van der Waals surface area contributed by atoms with E-state index in [9.17, 15) is 0 Å². The van der Waals surface area contributed by atoms with Gasteiger partial charge >= 0.3 is 9.28 Å². The minimum atomic E-state index is -1.87. The van der Waals surface area contributed by atoms with Gasteiger partial charge in [0.1, 0.15) is 6.10 Å². The van der Waals surface area contributed by atoms with E-state index in [1.165, 1.54) is 0 Å². The van der Waals surface area contributed by atoms with Gasteiger partial charge < -0.3 is 4.43 Å². The van der Waals surface area contributed by atoms with E-state index in [1.54, 1.807) is 0 Å². The fourth-order valence-electron chi connectivity index (χ4n) is 2.23. The predicted octanol–water partition coefficient (Wildman–Crippen LogP) is 3.51. The molecule has 3 unspecified atom stereocenters. The first-order valence-electron chi connectivity index (χ1n) is 7.67. The summed E-state index contributed by atoms with van der Waals surface area (Å²) in [5, 5.41) is 0. The monoisotopic (exact) mass is 320 g/mol. The fourth-order valence-corrected chi connectivity index (χ4v) is 4.51. The van der Waals surface area contributed by atoms with Crippen molar-refractivity contribution in [2.24, 2.45) is 5.92 Å². The Morgan fingerprint density at radius 1 is 1.00 bits per heavy atom. The van der Waals surface area contributed by atoms with Crippen LogP contribution in [0.3, 0.4) is 0 Å². The molecule has 0 bridgehead atoms. The average molecular weight is 321 g/mol. The van der Waals surface area contributed by atoms with Gasteiger partial charge in [0.25, 0.3) is 0 Å². The van der Waals surface area contributed by atoms with Crippen LogP contribution >= 0.6 is 0 Å². The van der Waals surface area contributed by atoms with E-state index >= 15 is 0 Å². The number of hydrogen-bond acceptors (Lipinski definition) is 5. The molecule has 6 heteroatoms. The number of hydrogen-bond donors (Lipinski definition) is 0. The summed E-state index contributed by atoms with van der Waals surface area (Å²) in [4.78, 5) is 16.6. The van der Waals surface area contributed by atoms with Crippen molar-refractivity contribution in [3.8, 4) is 0 Å². The Kier molecular flexibility index (Phi) is 6.03. The topological polar surface area (TPSA) is 46.2 Å². The molecule has 0 amide bonds. The molecule has 1 aliphatic rings. The molecule has 0 aromatic carbocycles. The highest BCUT2D eigenvalue weighted by Gasteiger charge is 2.46. The Morgan fingerprint density at radius 3 is 1.95 bits per heavy atom. The first-order chi connectivity index (χ1) is 9.30. The third kappa shape index (κ3) is 6.75. The molecule has 21 heavy (non-hydrogen) atoms. The predicted molar refractivity (Wildman–Crippen MR) is 83.9 cm³/mol. The first kappa shape index (κ1) is 19.1. The minimum absolute atomic E-state index is 0.126.